The third-order valence-corrected chi connectivity index (χ3v) is 7.02. The molecule has 2 heterocycles. The van der Waals surface area contributed by atoms with Crippen molar-refractivity contribution in [3.05, 3.63) is 90.9 Å². The summed E-state index contributed by atoms with van der Waals surface area (Å²) in [4.78, 5) is 0. The second kappa shape index (κ2) is 7.59. The van der Waals surface area contributed by atoms with Crippen LogP contribution in [0.5, 0.6) is 0 Å². The first-order chi connectivity index (χ1) is 18.4. The Kier molecular flexibility index (Phi) is 3.64. The summed E-state index contributed by atoms with van der Waals surface area (Å²) in [5, 5.41) is 1.69. The van der Waals surface area contributed by atoms with Crippen LogP contribution < -0.4 is 5.46 Å². The van der Waals surface area contributed by atoms with Gasteiger partial charge in [-0.05, 0) is 68.0 Å². The van der Waals surface area contributed by atoms with Crippen LogP contribution in [0.15, 0.2) is 95.3 Å². The molecule has 5 aromatic rings. The topological polar surface area (TPSA) is 31.6 Å². The lowest BCUT2D eigenvalue weighted by Crippen LogP contribution is -2.41. The van der Waals surface area contributed by atoms with Crippen LogP contribution in [0.2, 0.25) is 0 Å². The zero-order valence-corrected chi connectivity index (χ0v) is 19.6. The van der Waals surface area contributed by atoms with Gasteiger partial charge >= 0.3 is 7.12 Å². The molecule has 0 atom stereocenters. The highest BCUT2D eigenvalue weighted by Gasteiger charge is 2.51. The minimum absolute atomic E-state index is 0.112. The Labute approximate surface area is 207 Å². The third-order valence-electron chi connectivity index (χ3n) is 7.02. The molecular formula is C30H27BO3. The number of rotatable bonds is 3. The Hall–Kier alpha value is -3.34. The molecule has 0 spiro atoms. The van der Waals surface area contributed by atoms with Crippen LogP contribution in [0.4, 0.5) is 0 Å². The van der Waals surface area contributed by atoms with E-state index < -0.39 is 24.4 Å². The van der Waals surface area contributed by atoms with E-state index in [4.69, 9.17) is 20.6 Å². The molecule has 0 saturated carbocycles. The number of para-hydroxylation sites is 1. The zero-order chi connectivity index (χ0) is 27.9. The average molecular weight is 451 g/mol. The smallest absolute Gasteiger partial charge is 0.455 e. The van der Waals surface area contributed by atoms with Gasteiger partial charge in [-0.3, -0.25) is 0 Å². The van der Waals surface area contributed by atoms with Crippen molar-refractivity contribution in [2.75, 3.05) is 0 Å². The largest absolute Gasteiger partial charge is 0.494 e. The second-order valence-electron chi connectivity index (χ2n) is 9.71. The van der Waals surface area contributed by atoms with E-state index in [-0.39, 0.29) is 29.7 Å². The lowest BCUT2D eigenvalue weighted by atomic mass is 9.78. The van der Waals surface area contributed by atoms with Gasteiger partial charge in [0, 0.05) is 16.3 Å². The van der Waals surface area contributed by atoms with Crippen molar-refractivity contribution in [1.82, 2.24) is 0 Å². The Balaban J connectivity index is 1.54. The molecule has 1 saturated heterocycles. The van der Waals surface area contributed by atoms with Crippen LogP contribution in [-0.2, 0) is 9.31 Å². The highest BCUT2D eigenvalue weighted by Crippen LogP contribution is 2.40. The Morgan fingerprint density at radius 1 is 0.706 bits per heavy atom. The number of hydrogen-bond donors (Lipinski definition) is 0. The second-order valence-corrected chi connectivity index (χ2v) is 9.71. The molecule has 0 radical (unpaired) electrons. The molecule has 3 nitrogen and oxygen atoms in total. The van der Waals surface area contributed by atoms with Gasteiger partial charge in [0.1, 0.15) is 11.2 Å². The van der Waals surface area contributed by atoms with Gasteiger partial charge in [0.05, 0.1) is 18.1 Å². The van der Waals surface area contributed by atoms with Crippen LogP contribution >= 0.6 is 0 Å². The van der Waals surface area contributed by atoms with E-state index in [1.54, 1.807) is 0 Å². The molecule has 1 aliphatic rings. The van der Waals surface area contributed by atoms with Gasteiger partial charge in [0.2, 0.25) is 0 Å². The molecule has 0 amide bonds. The predicted octanol–water partition coefficient (Wildman–Crippen LogP) is 7.22. The number of hydrogen-bond acceptors (Lipinski definition) is 3. The average Bonchev–Trinajstić information content (AvgIpc) is 3.39. The summed E-state index contributed by atoms with van der Waals surface area (Å²) in [6.45, 7) is 8.08. The summed E-state index contributed by atoms with van der Waals surface area (Å²) in [6, 6.07) is 17.7. The van der Waals surface area contributed by atoms with E-state index in [2.05, 4.69) is 0 Å². The molecular weight excluding hydrogens is 419 g/mol. The number of fused-ring (bicyclic) bond motifs is 3. The molecule has 4 aromatic carbocycles. The summed E-state index contributed by atoms with van der Waals surface area (Å²) in [5.41, 5.74) is 3.45. The Morgan fingerprint density at radius 3 is 2.09 bits per heavy atom. The summed E-state index contributed by atoms with van der Waals surface area (Å²) < 4.78 is 60.3. The van der Waals surface area contributed by atoms with Crippen molar-refractivity contribution >= 4 is 34.5 Å². The van der Waals surface area contributed by atoms with E-state index in [0.29, 0.717) is 16.7 Å². The van der Waals surface area contributed by atoms with E-state index in [1.165, 1.54) is 0 Å². The highest BCUT2D eigenvalue weighted by molar-refractivity contribution is 6.62. The van der Waals surface area contributed by atoms with E-state index in [1.807, 2.05) is 88.4 Å². The van der Waals surface area contributed by atoms with Crippen molar-refractivity contribution in [3.8, 4) is 22.3 Å². The van der Waals surface area contributed by atoms with Gasteiger partial charge in [-0.2, -0.15) is 0 Å². The van der Waals surface area contributed by atoms with Crippen LogP contribution in [0.25, 0.3) is 44.2 Å². The van der Waals surface area contributed by atoms with Crippen LogP contribution in [-0.4, -0.2) is 18.3 Å². The maximum atomic E-state index is 8.60. The van der Waals surface area contributed by atoms with Crippen LogP contribution in [0.3, 0.4) is 0 Å². The van der Waals surface area contributed by atoms with Gasteiger partial charge in [-0.1, -0.05) is 72.7 Å². The fraction of sp³-hybridized carbons (Fsp3) is 0.200. The van der Waals surface area contributed by atoms with Crippen molar-refractivity contribution in [1.29, 1.82) is 0 Å². The fourth-order valence-corrected chi connectivity index (χ4v) is 4.38. The molecule has 1 aromatic heterocycles. The SMILES string of the molecule is [2H]c1c([2H])c([2H])c(-c2cc(-c3ccc(B4OC(C)(C)C(C)(C)O4)cc3)cc3c2oc2ccccc23)c([2H])c1[2H]. The molecule has 1 fully saturated rings. The first-order valence-corrected chi connectivity index (χ1v) is 11.4. The van der Waals surface area contributed by atoms with Crippen LogP contribution in [0, 0.1) is 0 Å². The van der Waals surface area contributed by atoms with E-state index in [9.17, 15) is 0 Å². The van der Waals surface area contributed by atoms with E-state index >= 15 is 0 Å². The van der Waals surface area contributed by atoms with Crippen molar-refractivity contribution in [2.45, 2.75) is 38.9 Å². The Morgan fingerprint density at radius 2 is 1.38 bits per heavy atom. The lowest BCUT2D eigenvalue weighted by Gasteiger charge is -2.32. The van der Waals surface area contributed by atoms with Crippen LogP contribution in [0.1, 0.15) is 34.5 Å². The summed E-state index contributed by atoms with van der Waals surface area (Å²) in [6.07, 6.45) is 0. The monoisotopic (exact) mass is 451 g/mol. The number of benzene rings is 4. The molecule has 0 bridgehead atoms. The normalized spacial score (nSPS) is 19.1. The summed E-state index contributed by atoms with van der Waals surface area (Å²) in [5.74, 6) is 0. The first-order valence-electron chi connectivity index (χ1n) is 13.9. The summed E-state index contributed by atoms with van der Waals surface area (Å²) >= 11 is 0. The number of furan rings is 1. The molecule has 168 valence electrons. The van der Waals surface area contributed by atoms with Crippen molar-refractivity contribution < 1.29 is 20.6 Å². The van der Waals surface area contributed by atoms with Gasteiger partial charge in [0.15, 0.2) is 0 Å². The minimum atomic E-state index is -0.481. The predicted molar refractivity (Wildman–Crippen MR) is 140 cm³/mol. The Bertz CT molecular complexity index is 1730. The van der Waals surface area contributed by atoms with Crippen molar-refractivity contribution in [2.24, 2.45) is 0 Å². The molecule has 0 aliphatic carbocycles. The first kappa shape index (κ1) is 16.3. The minimum Gasteiger partial charge on any atom is -0.455 e. The van der Waals surface area contributed by atoms with E-state index in [0.717, 1.165) is 27.4 Å². The molecule has 6 rings (SSSR count). The van der Waals surface area contributed by atoms with Gasteiger partial charge < -0.3 is 13.7 Å². The zero-order valence-electron chi connectivity index (χ0n) is 24.6. The molecule has 34 heavy (non-hydrogen) atoms. The quantitative estimate of drug-likeness (QED) is 0.272. The van der Waals surface area contributed by atoms with Crippen molar-refractivity contribution in [3.63, 3.8) is 0 Å². The molecule has 1 aliphatic heterocycles. The van der Waals surface area contributed by atoms with Gasteiger partial charge in [0.25, 0.3) is 0 Å². The van der Waals surface area contributed by atoms with Gasteiger partial charge in [-0.25, -0.2) is 0 Å². The highest BCUT2D eigenvalue weighted by atomic mass is 16.7. The molecule has 0 unspecified atom stereocenters. The maximum Gasteiger partial charge on any atom is 0.494 e. The maximum absolute atomic E-state index is 8.60. The standard InChI is InChI=1S/C30H27BO3/c1-29(2)30(3,4)34-31(33-29)23-16-14-20(15-17-23)22-18-25(21-10-6-5-7-11-21)28-26(19-22)24-12-8-9-13-27(24)32-28/h5-19H,1-4H3/i5D,6D,7D,10D,11D. The molecule has 4 heteroatoms. The van der Waals surface area contributed by atoms with Gasteiger partial charge in [-0.15, -0.1) is 0 Å². The third kappa shape index (κ3) is 3.37. The summed E-state index contributed by atoms with van der Waals surface area (Å²) in [7, 11) is -0.481. The molecule has 0 N–H and O–H groups in total. The lowest BCUT2D eigenvalue weighted by molar-refractivity contribution is 0.00578. The fourth-order valence-electron chi connectivity index (χ4n) is 4.38.